The van der Waals surface area contributed by atoms with Gasteiger partial charge in [-0.05, 0) is 50.1 Å². The van der Waals surface area contributed by atoms with E-state index in [4.69, 9.17) is 0 Å². The fraction of sp³-hybridized carbons (Fsp3) is 1.00. The molecule has 0 aromatic heterocycles. The molecule has 0 radical (unpaired) electrons. The van der Waals surface area contributed by atoms with E-state index < -0.39 is 10.0 Å². The first kappa shape index (κ1) is 15.3. The second-order valence-electron chi connectivity index (χ2n) is 6.49. The molecule has 1 saturated carbocycles. The van der Waals surface area contributed by atoms with Gasteiger partial charge in [-0.1, -0.05) is 26.7 Å². The predicted molar refractivity (Wildman–Crippen MR) is 78.5 cm³/mol. The van der Waals surface area contributed by atoms with Crippen LogP contribution in [0.5, 0.6) is 0 Å². The van der Waals surface area contributed by atoms with Gasteiger partial charge in [-0.25, -0.2) is 13.1 Å². The Kier molecular flexibility index (Phi) is 5.26. The highest BCUT2D eigenvalue weighted by Gasteiger charge is 2.31. The van der Waals surface area contributed by atoms with Crippen LogP contribution in [0.1, 0.15) is 46.0 Å². The molecule has 112 valence electrons. The Morgan fingerprint density at radius 2 is 1.95 bits per heavy atom. The maximum atomic E-state index is 12.3. The lowest BCUT2D eigenvalue weighted by atomic mass is 9.78. The third kappa shape index (κ3) is 4.43. The molecule has 0 aromatic rings. The molecule has 2 fully saturated rings. The molecule has 4 atom stereocenters. The zero-order valence-electron chi connectivity index (χ0n) is 12.2. The fourth-order valence-electron chi connectivity index (χ4n) is 3.40. The summed E-state index contributed by atoms with van der Waals surface area (Å²) < 4.78 is 27.5. The zero-order valence-corrected chi connectivity index (χ0v) is 13.0. The average Bonchev–Trinajstić information content (AvgIpc) is 2.35. The van der Waals surface area contributed by atoms with E-state index in [0.717, 1.165) is 38.8 Å². The maximum Gasteiger partial charge on any atom is 0.212 e. The summed E-state index contributed by atoms with van der Waals surface area (Å²) in [6, 6.07) is 0.144. The number of nitrogens with one attached hydrogen (secondary N) is 2. The lowest BCUT2D eigenvalue weighted by molar-refractivity contribution is 0.226. The van der Waals surface area contributed by atoms with Crippen molar-refractivity contribution in [2.45, 2.75) is 52.0 Å². The Hall–Kier alpha value is -0.130. The van der Waals surface area contributed by atoms with E-state index in [9.17, 15) is 8.42 Å². The Bertz CT molecular complexity index is 377. The van der Waals surface area contributed by atoms with Gasteiger partial charge in [0.05, 0.1) is 5.75 Å². The molecule has 5 heteroatoms. The van der Waals surface area contributed by atoms with Crippen LogP contribution >= 0.6 is 0 Å². The van der Waals surface area contributed by atoms with Crippen LogP contribution in [0.2, 0.25) is 0 Å². The molecule has 2 aliphatic rings. The van der Waals surface area contributed by atoms with E-state index in [2.05, 4.69) is 23.9 Å². The molecular weight excluding hydrogens is 260 g/mol. The minimum absolute atomic E-state index is 0.144. The van der Waals surface area contributed by atoms with Crippen molar-refractivity contribution in [1.29, 1.82) is 0 Å². The van der Waals surface area contributed by atoms with Crippen molar-refractivity contribution >= 4 is 10.0 Å². The van der Waals surface area contributed by atoms with Gasteiger partial charge in [-0.2, -0.15) is 0 Å². The Balaban J connectivity index is 1.88. The Morgan fingerprint density at radius 3 is 2.63 bits per heavy atom. The van der Waals surface area contributed by atoms with Crippen molar-refractivity contribution in [2.75, 3.05) is 18.8 Å². The molecule has 2 rings (SSSR count). The van der Waals surface area contributed by atoms with Crippen LogP contribution in [-0.2, 0) is 10.0 Å². The van der Waals surface area contributed by atoms with E-state index in [1.165, 1.54) is 6.42 Å². The summed E-state index contributed by atoms with van der Waals surface area (Å²) in [6.07, 6.45) is 5.49. The molecule has 0 aromatic carbocycles. The highest BCUT2D eigenvalue weighted by molar-refractivity contribution is 7.89. The van der Waals surface area contributed by atoms with E-state index in [1.54, 1.807) is 0 Å². The lowest BCUT2D eigenvalue weighted by Gasteiger charge is -2.34. The number of piperidine rings is 1. The molecule has 0 spiro atoms. The Morgan fingerprint density at radius 1 is 1.16 bits per heavy atom. The van der Waals surface area contributed by atoms with Crippen LogP contribution in [-0.4, -0.2) is 33.3 Å². The second-order valence-corrected chi connectivity index (χ2v) is 8.28. The van der Waals surface area contributed by atoms with Gasteiger partial charge in [0.2, 0.25) is 10.0 Å². The lowest BCUT2D eigenvalue weighted by Crippen LogP contribution is -2.46. The first-order chi connectivity index (χ1) is 8.98. The van der Waals surface area contributed by atoms with Gasteiger partial charge < -0.3 is 5.32 Å². The molecule has 0 bridgehead atoms. The molecule has 1 saturated heterocycles. The summed E-state index contributed by atoms with van der Waals surface area (Å²) in [5.74, 6) is 1.64. The molecule has 1 aliphatic heterocycles. The molecule has 1 aliphatic carbocycles. The normalized spacial score (nSPS) is 37.2. The van der Waals surface area contributed by atoms with Gasteiger partial charge in [-0.15, -0.1) is 0 Å². The summed E-state index contributed by atoms with van der Waals surface area (Å²) >= 11 is 0. The van der Waals surface area contributed by atoms with Crippen molar-refractivity contribution < 1.29 is 8.42 Å². The van der Waals surface area contributed by atoms with Crippen molar-refractivity contribution in [3.8, 4) is 0 Å². The number of hydrogen-bond acceptors (Lipinski definition) is 3. The van der Waals surface area contributed by atoms with Crippen LogP contribution < -0.4 is 10.0 Å². The van der Waals surface area contributed by atoms with Crippen LogP contribution in [0, 0.1) is 17.8 Å². The molecule has 4 nitrogen and oxygen atoms in total. The Labute approximate surface area is 117 Å². The second kappa shape index (κ2) is 6.55. The molecule has 19 heavy (non-hydrogen) atoms. The predicted octanol–water partition coefficient (Wildman–Crippen LogP) is 1.73. The smallest absolute Gasteiger partial charge is 0.212 e. The third-order valence-corrected chi connectivity index (χ3v) is 6.46. The highest BCUT2D eigenvalue weighted by Crippen LogP contribution is 2.30. The quantitative estimate of drug-likeness (QED) is 0.828. The topological polar surface area (TPSA) is 58.2 Å². The van der Waals surface area contributed by atoms with Crippen molar-refractivity contribution in [1.82, 2.24) is 10.0 Å². The number of rotatable bonds is 4. The first-order valence-electron chi connectivity index (χ1n) is 7.68. The molecule has 0 amide bonds. The standard InChI is InChI=1S/C14H28N2O2S/c1-11-5-3-7-14(12(11)2)16-19(17,18)10-13-6-4-8-15-9-13/h11-16H,3-10H2,1-2H3. The van der Waals surface area contributed by atoms with Gasteiger partial charge in [0, 0.05) is 6.04 Å². The summed E-state index contributed by atoms with van der Waals surface area (Å²) in [5.41, 5.74) is 0. The van der Waals surface area contributed by atoms with Crippen LogP contribution in [0.3, 0.4) is 0 Å². The number of hydrogen-bond donors (Lipinski definition) is 2. The van der Waals surface area contributed by atoms with Crippen LogP contribution in [0.4, 0.5) is 0 Å². The zero-order chi connectivity index (χ0) is 13.9. The maximum absolute atomic E-state index is 12.3. The van der Waals surface area contributed by atoms with Crippen LogP contribution in [0.15, 0.2) is 0 Å². The summed E-state index contributed by atoms with van der Waals surface area (Å²) in [5, 5.41) is 3.28. The fourth-order valence-corrected chi connectivity index (χ4v) is 5.20. The van der Waals surface area contributed by atoms with E-state index >= 15 is 0 Å². The van der Waals surface area contributed by atoms with E-state index in [0.29, 0.717) is 11.8 Å². The highest BCUT2D eigenvalue weighted by atomic mass is 32.2. The molecule has 2 N–H and O–H groups in total. The summed E-state index contributed by atoms with van der Waals surface area (Å²) in [7, 11) is -3.13. The van der Waals surface area contributed by atoms with Gasteiger partial charge >= 0.3 is 0 Å². The summed E-state index contributed by atoms with van der Waals surface area (Å²) in [6.45, 7) is 6.29. The largest absolute Gasteiger partial charge is 0.316 e. The van der Waals surface area contributed by atoms with E-state index in [1.807, 2.05) is 0 Å². The molecular formula is C14H28N2O2S. The van der Waals surface area contributed by atoms with Gasteiger partial charge in [0.1, 0.15) is 0 Å². The minimum Gasteiger partial charge on any atom is -0.316 e. The average molecular weight is 288 g/mol. The van der Waals surface area contributed by atoms with Gasteiger partial charge in [0.15, 0.2) is 0 Å². The SMILES string of the molecule is CC1CCCC(NS(=O)(=O)CC2CCCNC2)C1C. The molecule has 1 heterocycles. The van der Waals surface area contributed by atoms with Crippen molar-refractivity contribution in [2.24, 2.45) is 17.8 Å². The minimum atomic E-state index is -3.13. The third-order valence-electron chi connectivity index (χ3n) is 4.89. The van der Waals surface area contributed by atoms with Gasteiger partial charge in [0.25, 0.3) is 0 Å². The monoisotopic (exact) mass is 288 g/mol. The molecule has 4 unspecified atom stereocenters. The number of sulfonamides is 1. The van der Waals surface area contributed by atoms with Gasteiger partial charge in [-0.3, -0.25) is 0 Å². The van der Waals surface area contributed by atoms with Crippen molar-refractivity contribution in [3.63, 3.8) is 0 Å². The van der Waals surface area contributed by atoms with Crippen molar-refractivity contribution in [3.05, 3.63) is 0 Å². The summed E-state index contributed by atoms with van der Waals surface area (Å²) in [4.78, 5) is 0. The first-order valence-corrected chi connectivity index (χ1v) is 9.34. The van der Waals surface area contributed by atoms with Crippen LogP contribution in [0.25, 0.3) is 0 Å². The van der Waals surface area contributed by atoms with E-state index in [-0.39, 0.29) is 17.7 Å².